The third-order valence-corrected chi connectivity index (χ3v) is 5.90. The van der Waals surface area contributed by atoms with E-state index in [2.05, 4.69) is 4.98 Å². The molecule has 170 valence electrons. The maximum absolute atomic E-state index is 12.9. The van der Waals surface area contributed by atoms with E-state index in [1.165, 1.54) is 6.07 Å². The summed E-state index contributed by atoms with van der Waals surface area (Å²) >= 11 is 0. The van der Waals surface area contributed by atoms with Crippen molar-refractivity contribution in [3.63, 3.8) is 0 Å². The molecule has 31 heavy (non-hydrogen) atoms. The summed E-state index contributed by atoms with van der Waals surface area (Å²) in [4.78, 5) is 17.9. The average molecular weight is 443 g/mol. The van der Waals surface area contributed by atoms with Gasteiger partial charge in [0.25, 0.3) is 6.01 Å². The van der Waals surface area contributed by atoms with Gasteiger partial charge in [-0.05, 0) is 49.7 Å². The maximum Gasteiger partial charge on any atom is 0.451 e. The number of hydrogen-bond donors (Lipinski definition) is 4. The number of alkyl halides is 3. The Balaban J connectivity index is 1.65. The number of piperidine rings is 1. The zero-order valence-electron chi connectivity index (χ0n) is 16.8. The number of nitrogens with zero attached hydrogens (tertiary/aromatic N) is 2. The molecule has 0 radical (unpaired) electrons. The highest BCUT2D eigenvalue weighted by molar-refractivity contribution is 6.40. The maximum atomic E-state index is 12.9. The number of carboxylic acids is 1. The van der Waals surface area contributed by atoms with E-state index in [4.69, 9.17) is 20.2 Å². The van der Waals surface area contributed by atoms with E-state index in [-0.39, 0.29) is 30.3 Å². The third-order valence-electron chi connectivity index (χ3n) is 5.90. The van der Waals surface area contributed by atoms with E-state index >= 15 is 0 Å². The number of anilines is 1. The topological polar surface area (TPSA) is 133 Å². The molecule has 1 saturated heterocycles. The highest BCUT2D eigenvalue weighted by atomic mass is 19.4. The first kappa shape index (κ1) is 23.4. The molecular weight excluding hydrogens is 418 g/mol. The lowest BCUT2D eigenvalue weighted by atomic mass is 9.74. The SMILES string of the molecule is NC(CCCCB(O)O)(C(=O)O)C1CCN(c2nc3ccc(C(F)(F)F)cc3o2)CC1. The van der Waals surface area contributed by atoms with Gasteiger partial charge in [-0.2, -0.15) is 18.2 Å². The number of aromatic nitrogens is 1. The fraction of sp³-hybridized carbons (Fsp3) is 0.579. The van der Waals surface area contributed by atoms with Crippen LogP contribution in [0.4, 0.5) is 19.2 Å². The van der Waals surface area contributed by atoms with Crippen LogP contribution in [0.3, 0.4) is 0 Å². The Morgan fingerprint density at radius 1 is 1.26 bits per heavy atom. The zero-order valence-corrected chi connectivity index (χ0v) is 16.8. The van der Waals surface area contributed by atoms with E-state index in [0.717, 1.165) is 12.1 Å². The summed E-state index contributed by atoms with van der Waals surface area (Å²) in [5.41, 5.74) is 4.35. The fourth-order valence-electron chi connectivity index (χ4n) is 4.04. The number of fused-ring (bicyclic) bond motifs is 1. The minimum absolute atomic E-state index is 0.0386. The predicted molar refractivity (Wildman–Crippen MR) is 107 cm³/mol. The minimum Gasteiger partial charge on any atom is -0.480 e. The Morgan fingerprint density at radius 2 is 1.94 bits per heavy atom. The van der Waals surface area contributed by atoms with E-state index < -0.39 is 30.4 Å². The van der Waals surface area contributed by atoms with Gasteiger partial charge in [0.2, 0.25) is 0 Å². The molecule has 2 aromatic rings. The van der Waals surface area contributed by atoms with Crippen molar-refractivity contribution in [1.29, 1.82) is 0 Å². The molecule has 8 nitrogen and oxygen atoms in total. The van der Waals surface area contributed by atoms with Crippen LogP contribution in [0.15, 0.2) is 22.6 Å². The summed E-state index contributed by atoms with van der Waals surface area (Å²) in [6.45, 7) is 0.816. The van der Waals surface area contributed by atoms with Crippen LogP contribution in [0.2, 0.25) is 6.32 Å². The Kier molecular flexibility index (Phi) is 6.82. The number of carbonyl (C=O) groups is 1. The number of nitrogens with two attached hydrogens (primary N) is 1. The Labute approximate surface area is 177 Å². The molecule has 3 rings (SSSR count). The molecule has 12 heteroatoms. The molecule has 1 aromatic heterocycles. The predicted octanol–water partition coefficient (Wildman–Crippen LogP) is 2.49. The van der Waals surface area contributed by atoms with Gasteiger partial charge in [-0.15, -0.1) is 0 Å². The summed E-state index contributed by atoms with van der Waals surface area (Å²) in [6, 6.07) is 3.32. The second-order valence-corrected chi connectivity index (χ2v) is 8.01. The van der Waals surface area contributed by atoms with Gasteiger partial charge in [0.05, 0.1) is 5.56 Å². The summed E-state index contributed by atoms with van der Waals surface area (Å²) in [7, 11) is -1.43. The van der Waals surface area contributed by atoms with Gasteiger partial charge >= 0.3 is 19.3 Å². The quantitative estimate of drug-likeness (QED) is 0.361. The number of oxazole rings is 1. The van der Waals surface area contributed by atoms with Crippen molar-refractivity contribution >= 4 is 30.2 Å². The van der Waals surface area contributed by atoms with E-state index in [1.54, 1.807) is 4.90 Å². The van der Waals surface area contributed by atoms with Gasteiger partial charge in [-0.25, -0.2) is 0 Å². The summed E-state index contributed by atoms with van der Waals surface area (Å²) in [5.74, 6) is -1.40. The largest absolute Gasteiger partial charge is 0.480 e. The monoisotopic (exact) mass is 443 g/mol. The average Bonchev–Trinajstić information content (AvgIpc) is 3.13. The van der Waals surface area contributed by atoms with Crippen molar-refractivity contribution in [3.8, 4) is 0 Å². The zero-order chi connectivity index (χ0) is 22.8. The smallest absolute Gasteiger partial charge is 0.451 e. The lowest BCUT2D eigenvalue weighted by molar-refractivity contribution is -0.146. The summed E-state index contributed by atoms with van der Waals surface area (Å²) < 4.78 is 44.2. The molecule has 2 heterocycles. The normalized spacial score (nSPS) is 17.7. The molecule has 1 aliphatic rings. The van der Waals surface area contributed by atoms with Crippen LogP contribution in [-0.4, -0.2) is 51.9 Å². The van der Waals surface area contributed by atoms with Gasteiger partial charge in [-0.3, -0.25) is 4.79 Å². The molecule has 1 unspecified atom stereocenters. The highest BCUT2D eigenvalue weighted by Crippen LogP contribution is 2.35. The van der Waals surface area contributed by atoms with Crippen LogP contribution in [-0.2, 0) is 11.0 Å². The molecule has 0 saturated carbocycles. The van der Waals surface area contributed by atoms with Gasteiger partial charge in [0.15, 0.2) is 5.58 Å². The van der Waals surface area contributed by atoms with Crippen molar-refractivity contribution in [3.05, 3.63) is 23.8 Å². The fourth-order valence-corrected chi connectivity index (χ4v) is 4.04. The van der Waals surface area contributed by atoms with Gasteiger partial charge < -0.3 is 30.2 Å². The minimum atomic E-state index is -4.48. The second kappa shape index (κ2) is 9.05. The first-order chi connectivity index (χ1) is 14.5. The van der Waals surface area contributed by atoms with Crippen LogP contribution >= 0.6 is 0 Å². The lowest BCUT2D eigenvalue weighted by Gasteiger charge is -2.39. The molecular formula is C19H25BF3N3O5. The highest BCUT2D eigenvalue weighted by Gasteiger charge is 2.43. The molecule has 0 aliphatic carbocycles. The van der Waals surface area contributed by atoms with E-state index in [9.17, 15) is 23.1 Å². The number of hydrogen-bond acceptors (Lipinski definition) is 7. The van der Waals surface area contributed by atoms with Crippen molar-refractivity contribution in [2.75, 3.05) is 18.0 Å². The lowest BCUT2D eigenvalue weighted by Crippen LogP contribution is -2.57. The van der Waals surface area contributed by atoms with E-state index in [1.807, 2.05) is 0 Å². The van der Waals surface area contributed by atoms with Crippen molar-refractivity contribution in [1.82, 2.24) is 4.98 Å². The summed E-state index contributed by atoms with van der Waals surface area (Å²) in [5, 5.41) is 27.5. The van der Waals surface area contributed by atoms with Gasteiger partial charge in [0.1, 0.15) is 11.1 Å². The molecule has 1 aromatic carbocycles. The standard InChI is InChI=1S/C19H25BF3N3O5/c21-19(22,23)13-3-4-14-15(11-13)31-17(25-14)26-9-5-12(6-10-26)18(24,16(27)28)7-1-2-8-20(29)30/h3-4,11-12,29-30H,1-2,5-10,24H2,(H,27,28). The Hall–Kier alpha value is -2.31. The molecule has 1 atom stereocenters. The molecule has 5 N–H and O–H groups in total. The number of aliphatic carboxylic acids is 1. The Bertz CT molecular complexity index is 915. The Morgan fingerprint density at radius 3 is 2.52 bits per heavy atom. The first-order valence-corrected chi connectivity index (χ1v) is 10.1. The van der Waals surface area contributed by atoms with Crippen LogP contribution in [0.5, 0.6) is 0 Å². The molecule has 1 fully saturated rings. The van der Waals surface area contributed by atoms with Crippen LogP contribution in [0.1, 0.15) is 37.7 Å². The van der Waals surface area contributed by atoms with E-state index in [0.29, 0.717) is 44.3 Å². The van der Waals surface area contributed by atoms with Crippen molar-refractivity contribution in [2.45, 2.75) is 50.1 Å². The van der Waals surface area contributed by atoms with Gasteiger partial charge in [0, 0.05) is 13.1 Å². The van der Waals surface area contributed by atoms with Crippen molar-refractivity contribution < 1.29 is 37.5 Å². The van der Waals surface area contributed by atoms with Crippen LogP contribution < -0.4 is 10.6 Å². The molecule has 0 spiro atoms. The number of benzene rings is 1. The number of halogens is 3. The number of carboxylic acid groups (broad SMARTS) is 1. The first-order valence-electron chi connectivity index (χ1n) is 10.1. The molecule has 1 aliphatic heterocycles. The second-order valence-electron chi connectivity index (χ2n) is 8.01. The van der Waals surface area contributed by atoms with Crippen LogP contribution in [0.25, 0.3) is 11.1 Å². The molecule has 0 amide bonds. The number of rotatable bonds is 8. The van der Waals surface area contributed by atoms with Gasteiger partial charge in [-0.1, -0.05) is 12.8 Å². The number of unbranched alkanes of at least 4 members (excludes halogenated alkanes) is 1. The third kappa shape index (κ3) is 5.31. The van der Waals surface area contributed by atoms with Crippen molar-refractivity contribution in [2.24, 2.45) is 11.7 Å². The molecule has 0 bridgehead atoms. The van der Waals surface area contributed by atoms with Crippen LogP contribution in [0, 0.1) is 5.92 Å². The summed E-state index contributed by atoms with van der Waals surface area (Å²) in [6.07, 6.45) is -2.30.